The maximum atomic E-state index is 11.9. The molecular weight excluding hydrogens is 343 g/mol. The van der Waals surface area contributed by atoms with E-state index in [4.69, 9.17) is 22.1 Å². The average Bonchev–Trinajstić information content (AvgIpc) is 2.73. The second kappa shape index (κ2) is 5.09. The van der Waals surface area contributed by atoms with E-state index in [1.54, 1.807) is 6.92 Å². The molecule has 1 aromatic carbocycles. The molecule has 2 aromatic heterocycles. The fraction of sp³-hybridized carbons (Fsp3) is 0.143. The number of ether oxygens (including phenoxy) is 1. The van der Waals surface area contributed by atoms with Crippen LogP contribution in [0.15, 0.2) is 24.3 Å². The summed E-state index contributed by atoms with van der Waals surface area (Å²) < 4.78 is 6.43. The molecule has 0 bridgehead atoms. The van der Waals surface area contributed by atoms with Crippen LogP contribution in [0, 0.1) is 0 Å². The SMILES string of the molecule is CCOC(=O)c1[se]c2nc3cc(Cl)ccc3cc2c1N. The first-order valence-corrected chi connectivity index (χ1v) is 8.14. The molecule has 0 aliphatic carbocycles. The van der Waals surface area contributed by atoms with Gasteiger partial charge >= 0.3 is 126 Å². The van der Waals surface area contributed by atoms with Crippen LogP contribution in [0.3, 0.4) is 0 Å². The summed E-state index contributed by atoms with van der Waals surface area (Å²) in [5.74, 6) is -0.343. The molecule has 6 heteroatoms. The van der Waals surface area contributed by atoms with Crippen molar-refractivity contribution in [2.45, 2.75) is 6.92 Å². The van der Waals surface area contributed by atoms with E-state index in [1.807, 2.05) is 24.3 Å². The summed E-state index contributed by atoms with van der Waals surface area (Å²) in [4.78, 5) is 16.5. The molecule has 2 N–H and O–H groups in total. The van der Waals surface area contributed by atoms with E-state index in [0.29, 0.717) is 21.8 Å². The van der Waals surface area contributed by atoms with E-state index in [-0.39, 0.29) is 20.5 Å². The van der Waals surface area contributed by atoms with Crippen molar-refractivity contribution in [3.05, 3.63) is 33.7 Å². The minimum atomic E-state index is -0.343. The van der Waals surface area contributed by atoms with Crippen LogP contribution in [0.1, 0.15) is 16.2 Å². The Labute approximate surface area is 126 Å². The quantitative estimate of drug-likeness (QED) is 0.568. The van der Waals surface area contributed by atoms with E-state index in [2.05, 4.69) is 4.98 Å². The number of nitrogen functional groups attached to an aromatic ring is 1. The molecule has 0 aliphatic heterocycles. The van der Waals surface area contributed by atoms with Crippen molar-refractivity contribution in [2.75, 3.05) is 12.3 Å². The van der Waals surface area contributed by atoms with Gasteiger partial charge in [0.15, 0.2) is 0 Å². The summed E-state index contributed by atoms with van der Waals surface area (Å²) in [6, 6.07) is 7.47. The zero-order valence-electron chi connectivity index (χ0n) is 10.6. The first kappa shape index (κ1) is 13.4. The number of nitrogens with two attached hydrogens (primary N) is 1. The molecule has 0 aliphatic rings. The number of benzene rings is 1. The topological polar surface area (TPSA) is 65.2 Å². The summed E-state index contributed by atoms with van der Waals surface area (Å²) in [5.41, 5.74) is 7.38. The van der Waals surface area contributed by atoms with Crippen molar-refractivity contribution in [1.29, 1.82) is 0 Å². The molecule has 0 fully saturated rings. The average molecular weight is 354 g/mol. The maximum absolute atomic E-state index is 11.9. The molecule has 0 spiro atoms. The first-order chi connectivity index (χ1) is 9.60. The molecule has 102 valence electrons. The van der Waals surface area contributed by atoms with Gasteiger partial charge in [0.2, 0.25) is 0 Å². The summed E-state index contributed by atoms with van der Waals surface area (Å²) in [7, 11) is 0. The van der Waals surface area contributed by atoms with Gasteiger partial charge in [0.05, 0.1) is 0 Å². The normalized spacial score (nSPS) is 11.1. The number of carbonyl (C=O) groups excluding carboxylic acids is 1. The van der Waals surface area contributed by atoms with Gasteiger partial charge in [0.1, 0.15) is 0 Å². The number of halogens is 1. The van der Waals surface area contributed by atoms with Gasteiger partial charge in [0.25, 0.3) is 0 Å². The van der Waals surface area contributed by atoms with E-state index < -0.39 is 0 Å². The summed E-state index contributed by atoms with van der Waals surface area (Å²) in [6.07, 6.45) is 0. The molecule has 0 atom stereocenters. The number of pyridine rings is 1. The second-order valence-electron chi connectivity index (χ2n) is 4.24. The van der Waals surface area contributed by atoms with Crippen LogP contribution < -0.4 is 5.73 Å². The van der Waals surface area contributed by atoms with Crippen LogP contribution in [-0.4, -0.2) is 32.1 Å². The first-order valence-electron chi connectivity index (χ1n) is 6.05. The zero-order chi connectivity index (χ0) is 14.3. The molecular formula is C14H11ClN2O2Se. The number of hydrogen-bond donors (Lipinski definition) is 1. The van der Waals surface area contributed by atoms with Crippen molar-refractivity contribution in [3.8, 4) is 0 Å². The van der Waals surface area contributed by atoms with Crippen LogP contribution in [0.25, 0.3) is 20.7 Å². The van der Waals surface area contributed by atoms with Crippen molar-refractivity contribution < 1.29 is 9.53 Å². The monoisotopic (exact) mass is 354 g/mol. The van der Waals surface area contributed by atoms with Crippen LogP contribution >= 0.6 is 11.6 Å². The van der Waals surface area contributed by atoms with E-state index in [9.17, 15) is 4.79 Å². The molecule has 4 nitrogen and oxygen atoms in total. The molecule has 20 heavy (non-hydrogen) atoms. The Morgan fingerprint density at radius 3 is 3.00 bits per heavy atom. The fourth-order valence-corrected chi connectivity index (χ4v) is 4.23. The molecule has 0 saturated carbocycles. The number of fused-ring (bicyclic) bond motifs is 2. The Hall–Kier alpha value is -1.55. The molecule has 3 rings (SSSR count). The Balaban J connectivity index is 2.25. The Morgan fingerprint density at radius 1 is 1.45 bits per heavy atom. The molecule has 0 saturated heterocycles. The predicted octanol–water partition coefficient (Wildman–Crippen LogP) is 2.86. The third-order valence-corrected chi connectivity index (χ3v) is 5.47. The van der Waals surface area contributed by atoms with E-state index in [1.165, 1.54) is 0 Å². The van der Waals surface area contributed by atoms with Crippen molar-refractivity contribution in [1.82, 2.24) is 4.98 Å². The Bertz CT molecular complexity index is 829. The van der Waals surface area contributed by atoms with Crippen molar-refractivity contribution >= 4 is 58.4 Å². The van der Waals surface area contributed by atoms with Crippen molar-refractivity contribution in [2.24, 2.45) is 0 Å². The molecule has 0 amide bonds. The standard InChI is InChI=1S/C14H11ClN2O2Se/c1-2-19-14(18)12-11(16)9-5-7-3-4-8(15)6-10(7)17-13(9)20-12/h3-6H,2,16H2,1H3. The summed E-state index contributed by atoms with van der Waals surface area (Å²) in [6.45, 7) is 2.12. The third-order valence-electron chi connectivity index (χ3n) is 2.94. The summed E-state index contributed by atoms with van der Waals surface area (Å²) >= 11 is 5.75. The van der Waals surface area contributed by atoms with Crippen LogP contribution in [0.2, 0.25) is 5.02 Å². The zero-order valence-corrected chi connectivity index (χ0v) is 13.1. The second-order valence-corrected chi connectivity index (χ2v) is 6.78. The van der Waals surface area contributed by atoms with Crippen LogP contribution in [-0.2, 0) is 4.74 Å². The number of hydrogen-bond acceptors (Lipinski definition) is 4. The van der Waals surface area contributed by atoms with Gasteiger partial charge in [-0.2, -0.15) is 0 Å². The fourth-order valence-electron chi connectivity index (χ4n) is 2.02. The Morgan fingerprint density at radius 2 is 2.25 bits per heavy atom. The predicted molar refractivity (Wildman–Crippen MR) is 81.6 cm³/mol. The van der Waals surface area contributed by atoms with Gasteiger partial charge in [-0.15, -0.1) is 0 Å². The Kier molecular flexibility index (Phi) is 3.42. The van der Waals surface area contributed by atoms with E-state index >= 15 is 0 Å². The van der Waals surface area contributed by atoms with Crippen molar-refractivity contribution in [3.63, 3.8) is 0 Å². The number of aromatic nitrogens is 1. The number of rotatable bonds is 2. The molecule has 2 heterocycles. The van der Waals surface area contributed by atoms with Crippen LogP contribution in [0.5, 0.6) is 0 Å². The van der Waals surface area contributed by atoms with Gasteiger partial charge in [-0.25, -0.2) is 0 Å². The van der Waals surface area contributed by atoms with Gasteiger partial charge in [-0.1, -0.05) is 0 Å². The number of anilines is 1. The van der Waals surface area contributed by atoms with Gasteiger partial charge in [0, 0.05) is 0 Å². The number of esters is 1. The van der Waals surface area contributed by atoms with Crippen LogP contribution in [0.4, 0.5) is 5.69 Å². The van der Waals surface area contributed by atoms with E-state index in [0.717, 1.165) is 20.7 Å². The molecule has 0 unspecified atom stereocenters. The third kappa shape index (κ3) is 2.18. The molecule has 0 radical (unpaired) electrons. The summed E-state index contributed by atoms with van der Waals surface area (Å²) in [5, 5.41) is 2.43. The number of carbonyl (C=O) groups is 1. The van der Waals surface area contributed by atoms with Gasteiger partial charge < -0.3 is 0 Å². The number of nitrogens with zero attached hydrogens (tertiary/aromatic N) is 1. The minimum absolute atomic E-state index is 0.220. The van der Waals surface area contributed by atoms with Gasteiger partial charge in [-0.05, 0) is 0 Å². The van der Waals surface area contributed by atoms with Gasteiger partial charge in [-0.3, -0.25) is 0 Å². The molecule has 3 aromatic rings.